The van der Waals surface area contributed by atoms with E-state index in [1.165, 1.54) is 68.9 Å². The van der Waals surface area contributed by atoms with Crippen LogP contribution in [0.5, 0.6) is 0 Å². The highest BCUT2D eigenvalue weighted by molar-refractivity contribution is 5.12. The molecule has 0 heterocycles. The van der Waals surface area contributed by atoms with Crippen molar-refractivity contribution in [1.82, 2.24) is 0 Å². The van der Waals surface area contributed by atoms with E-state index in [2.05, 4.69) is 61.1 Å². The molecule has 1 heteroatoms. The number of rotatable bonds is 6. The fourth-order valence-corrected chi connectivity index (χ4v) is 8.50. The summed E-state index contributed by atoms with van der Waals surface area (Å²) in [4.78, 5) is 0. The van der Waals surface area contributed by atoms with E-state index >= 15 is 0 Å². The Bertz CT molecular complexity index is 679. The zero-order valence-electron chi connectivity index (χ0n) is 21.9. The lowest BCUT2D eigenvalue weighted by Gasteiger charge is -2.61. The minimum Gasteiger partial charge on any atom is -0.390 e. The molecule has 0 radical (unpaired) electrons. The fraction of sp³-hybridized carbons (Fsp3) is 0.867. The van der Waals surface area contributed by atoms with Crippen molar-refractivity contribution >= 4 is 0 Å². The van der Waals surface area contributed by atoms with Gasteiger partial charge in [-0.15, -0.1) is 0 Å². The van der Waals surface area contributed by atoms with Crippen molar-refractivity contribution in [2.24, 2.45) is 34.0 Å². The highest BCUT2D eigenvalue weighted by Crippen LogP contribution is 2.62. The second-order valence-electron chi connectivity index (χ2n) is 13.6. The van der Waals surface area contributed by atoms with E-state index in [1.54, 1.807) is 0 Å². The van der Waals surface area contributed by atoms with Crippen molar-refractivity contribution in [2.45, 2.75) is 131 Å². The number of allylic oxidation sites excluding steroid dienone is 3. The van der Waals surface area contributed by atoms with Gasteiger partial charge >= 0.3 is 0 Å². The first-order valence-corrected chi connectivity index (χ1v) is 13.4. The Morgan fingerprint density at radius 3 is 2.32 bits per heavy atom. The van der Waals surface area contributed by atoms with Gasteiger partial charge in [0.2, 0.25) is 0 Å². The summed E-state index contributed by atoms with van der Waals surface area (Å²) >= 11 is 0. The first-order valence-electron chi connectivity index (χ1n) is 13.4. The minimum absolute atomic E-state index is 0.287. The van der Waals surface area contributed by atoms with Gasteiger partial charge in [-0.3, -0.25) is 0 Å². The van der Waals surface area contributed by atoms with E-state index in [9.17, 15) is 5.11 Å². The minimum atomic E-state index is -0.510. The van der Waals surface area contributed by atoms with Gasteiger partial charge in [0.25, 0.3) is 0 Å². The lowest BCUT2D eigenvalue weighted by molar-refractivity contribution is -0.168. The molecule has 0 aromatic carbocycles. The van der Waals surface area contributed by atoms with Gasteiger partial charge < -0.3 is 5.11 Å². The second-order valence-corrected chi connectivity index (χ2v) is 13.6. The van der Waals surface area contributed by atoms with Crippen LogP contribution in [0.4, 0.5) is 0 Å². The zero-order chi connectivity index (χ0) is 23.1. The molecule has 3 saturated carbocycles. The molecule has 0 aromatic rings. The van der Waals surface area contributed by atoms with E-state index in [0.29, 0.717) is 22.7 Å². The molecule has 178 valence electrons. The summed E-state index contributed by atoms with van der Waals surface area (Å²) < 4.78 is 0. The summed E-state index contributed by atoms with van der Waals surface area (Å²) in [5.41, 5.74) is 3.63. The molecule has 0 amide bonds. The first-order chi connectivity index (χ1) is 14.3. The molecule has 0 aliphatic heterocycles. The average Bonchev–Trinajstić information content (AvgIpc) is 2.62. The molecule has 3 aliphatic carbocycles. The third kappa shape index (κ3) is 5.18. The van der Waals surface area contributed by atoms with Crippen molar-refractivity contribution in [1.29, 1.82) is 0 Å². The number of aliphatic hydroxyl groups is 1. The third-order valence-corrected chi connectivity index (χ3v) is 10.3. The molecule has 0 saturated heterocycles. The largest absolute Gasteiger partial charge is 0.390 e. The van der Waals surface area contributed by atoms with Gasteiger partial charge in [0.15, 0.2) is 0 Å². The Morgan fingerprint density at radius 1 is 0.968 bits per heavy atom. The van der Waals surface area contributed by atoms with Crippen molar-refractivity contribution in [3.05, 3.63) is 23.8 Å². The normalized spacial score (nSPS) is 40.5. The molecule has 3 aliphatic rings. The second kappa shape index (κ2) is 9.00. The Kier molecular flexibility index (Phi) is 7.28. The highest BCUT2D eigenvalue weighted by Gasteiger charge is 2.57. The quantitative estimate of drug-likeness (QED) is 0.419. The van der Waals surface area contributed by atoms with Crippen molar-refractivity contribution in [3.63, 3.8) is 0 Å². The maximum Gasteiger partial charge on any atom is 0.0653 e. The summed E-state index contributed by atoms with van der Waals surface area (Å²) in [5, 5.41) is 11.4. The molecular weight excluding hydrogens is 376 g/mol. The zero-order valence-corrected chi connectivity index (χ0v) is 21.9. The summed E-state index contributed by atoms with van der Waals surface area (Å²) in [7, 11) is 0. The van der Waals surface area contributed by atoms with Crippen LogP contribution in [0.15, 0.2) is 23.8 Å². The van der Waals surface area contributed by atoms with Crippen molar-refractivity contribution in [2.75, 3.05) is 0 Å². The van der Waals surface area contributed by atoms with Gasteiger partial charge in [-0.1, -0.05) is 64.8 Å². The highest BCUT2D eigenvalue weighted by atomic mass is 16.3. The molecule has 0 bridgehead atoms. The topological polar surface area (TPSA) is 20.2 Å². The number of hydrogen-bond acceptors (Lipinski definition) is 1. The summed E-state index contributed by atoms with van der Waals surface area (Å²) in [6.45, 7) is 21.2. The molecule has 1 N–H and O–H groups in total. The average molecular weight is 429 g/mol. The van der Waals surface area contributed by atoms with Crippen molar-refractivity contribution < 1.29 is 5.11 Å². The van der Waals surface area contributed by atoms with Gasteiger partial charge in [-0.05, 0) is 118 Å². The van der Waals surface area contributed by atoms with Crippen LogP contribution < -0.4 is 0 Å². The van der Waals surface area contributed by atoms with Crippen LogP contribution in [0, 0.1) is 34.0 Å². The molecule has 1 nitrogen and oxygen atoms in total. The standard InChI is InChI=1S/C30H52O/c1-22(15-16-24-23(2)13-10-18-27(24,3)4)12-9-14-26-29(7)20-11-19-28(5,6)25(29)17-21-30(26,8)31/h12,24-26,31H,2,9-11,13-21H2,1,3-8H3. The maximum absolute atomic E-state index is 11.4. The predicted molar refractivity (Wildman–Crippen MR) is 135 cm³/mol. The molecule has 3 rings (SSSR count). The number of fused-ring (bicyclic) bond motifs is 1. The van der Waals surface area contributed by atoms with E-state index in [0.717, 1.165) is 25.2 Å². The Morgan fingerprint density at radius 2 is 1.65 bits per heavy atom. The van der Waals surface area contributed by atoms with Gasteiger partial charge in [0.05, 0.1) is 5.60 Å². The maximum atomic E-state index is 11.4. The van der Waals surface area contributed by atoms with Crippen LogP contribution in [0.3, 0.4) is 0 Å². The molecule has 5 atom stereocenters. The van der Waals surface area contributed by atoms with E-state index in [-0.39, 0.29) is 5.41 Å². The van der Waals surface area contributed by atoms with E-state index in [4.69, 9.17) is 0 Å². The lowest BCUT2D eigenvalue weighted by Crippen LogP contribution is -2.57. The third-order valence-electron chi connectivity index (χ3n) is 10.3. The van der Waals surface area contributed by atoms with Crippen LogP contribution in [-0.4, -0.2) is 10.7 Å². The molecule has 31 heavy (non-hydrogen) atoms. The Balaban J connectivity index is 1.62. The van der Waals surface area contributed by atoms with Crippen LogP contribution in [-0.2, 0) is 0 Å². The van der Waals surface area contributed by atoms with Crippen LogP contribution in [0.1, 0.15) is 126 Å². The summed E-state index contributed by atoms with van der Waals surface area (Å²) in [5.74, 6) is 1.84. The van der Waals surface area contributed by atoms with Crippen LogP contribution >= 0.6 is 0 Å². The van der Waals surface area contributed by atoms with Crippen LogP contribution in [0.25, 0.3) is 0 Å². The fourth-order valence-electron chi connectivity index (χ4n) is 8.50. The Hall–Kier alpha value is -0.560. The first kappa shape index (κ1) is 25.1. The van der Waals surface area contributed by atoms with Gasteiger partial charge in [0.1, 0.15) is 0 Å². The molecular formula is C30H52O. The molecule has 3 fully saturated rings. The predicted octanol–water partition coefficient (Wildman–Crippen LogP) is 8.87. The summed E-state index contributed by atoms with van der Waals surface area (Å²) in [6.07, 6.45) is 17.2. The van der Waals surface area contributed by atoms with Gasteiger partial charge in [-0.2, -0.15) is 0 Å². The Labute approximate surface area is 194 Å². The van der Waals surface area contributed by atoms with Crippen LogP contribution in [0.2, 0.25) is 0 Å². The van der Waals surface area contributed by atoms with E-state index in [1.807, 2.05) is 0 Å². The van der Waals surface area contributed by atoms with Crippen molar-refractivity contribution in [3.8, 4) is 0 Å². The SMILES string of the molecule is C=C1CCCC(C)(C)C1CCC(C)=CCCC1C(C)(O)CCC2C(C)(C)CCCC21C. The molecule has 0 spiro atoms. The monoisotopic (exact) mass is 428 g/mol. The number of hydrogen-bond donors (Lipinski definition) is 1. The molecule has 5 unspecified atom stereocenters. The van der Waals surface area contributed by atoms with Gasteiger partial charge in [0, 0.05) is 0 Å². The smallest absolute Gasteiger partial charge is 0.0653 e. The molecule has 0 aromatic heterocycles. The summed E-state index contributed by atoms with van der Waals surface area (Å²) in [6, 6.07) is 0. The van der Waals surface area contributed by atoms with Gasteiger partial charge in [-0.25, -0.2) is 0 Å². The van der Waals surface area contributed by atoms with E-state index < -0.39 is 5.60 Å². The lowest BCUT2D eigenvalue weighted by atomic mass is 9.45.